The maximum atomic E-state index is 12.5. The molecule has 22 heavy (non-hydrogen) atoms. The Hall–Kier alpha value is -2.07. The predicted molar refractivity (Wildman–Crippen MR) is 90.4 cm³/mol. The van der Waals surface area contributed by atoms with Crippen LogP contribution in [-0.2, 0) is 6.54 Å². The van der Waals surface area contributed by atoms with Gasteiger partial charge in [0.05, 0.1) is 0 Å². The number of aromatic nitrogens is 1. The number of hydrogen-bond acceptors (Lipinski definition) is 3. The Morgan fingerprint density at radius 1 is 1.18 bits per heavy atom. The van der Waals surface area contributed by atoms with Crippen molar-refractivity contribution in [2.45, 2.75) is 13.5 Å². The van der Waals surface area contributed by atoms with E-state index in [1.165, 1.54) is 0 Å². The van der Waals surface area contributed by atoms with E-state index >= 15 is 0 Å². The average molecular weight is 318 g/mol. The van der Waals surface area contributed by atoms with Crippen LogP contribution in [0.3, 0.4) is 0 Å². The first-order valence-corrected chi connectivity index (χ1v) is 7.56. The van der Waals surface area contributed by atoms with Gasteiger partial charge in [-0.15, -0.1) is 0 Å². The number of rotatable bonds is 5. The molecule has 0 saturated heterocycles. The summed E-state index contributed by atoms with van der Waals surface area (Å²) in [7, 11) is 4.01. The molecule has 1 aromatic heterocycles. The van der Waals surface area contributed by atoms with Gasteiger partial charge in [0, 0.05) is 44.6 Å². The lowest BCUT2D eigenvalue weighted by molar-refractivity contribution is 0.0752. The monoisotopic (exact) mass is 317 g/mol. The van der Waals surface area contributed by atoms with Crippen LogP contribution in [0.2, 0.25) is 5.15 Å². The molecule has 0 aliphatic carbocycles. The molecule has 0 unspecified atom stereocenters. The lowest BCUT2D eigenvalue weighted by atomic mass is 10.1. The Morgan fingerprint density at radius 3 is 2.41 bits per heavy atom. The highest BCUT2D eigenvalue weighted by molar-refractivity contribution is 6.29. The quantitative estimate of drug-likeness (QED) is 0.792. The number of hydrogen-bond donors (Lipinski definition) is 0. The van der Waals surface area contributed by atoms with Gasteiger partial charge in [-0.25, -0.2) is 4.98 Å². The number of benzene rings is 1. The molecule has 1 heterocycles. The molecule has 0 bridgehead atoms. The molecule has 116 valence electrons. The Bertz CT molecular complexity index is 641. The minimum Gasteiger partial charge on any atom is -0.378 e. The van der Waals surface area contributed by atoms with Crippen LogP contribution in [-0.4, -0.2) is 36.4 Å². The Morgan fingerprint density at radius 2 is 1.86 bits per heavy atom. The summed E-state index contributed by atoms with van der Waals surface area (Å²) in [6, 6.07) is 11.5. The molecule has 0 aliphatic heterocycles. The van der Waals surface area contributed by atoms with E-state index in [1.54, 1.807) is 23.2 Å². The third kappa shape index (κ3) is 3.98. The Balaban J connectivity index is 2.13. The molecule has 1 aromatic carbocycles. The first-order valence-electron chi connectivity index (χ1n) is 7.18. The van der Waals surface area contributed by atoms with Crippen molar-refractivity contribution in [3.63, 3.8) is 0 Å². The largest absolute Gasteiger partial charge is 0.378 e. The molecule has 0 aliphatic rings. The van der Waals surface area contributed by atoms with Crippen molar-refractivity contribution in [3.05, 3.63) is 58.9 Å². The first kappa shape index (κ1) is 16.3. The lowest BCUT2D eigenvalue weighted by Gasteiger charge is -2.21. The molecule has 0 saturated carbocycles. The van der Waals surface area contributed by atoms with Crippen molar-refractivity contribution in [1.29, 1.82) is 0 Å². The third-order valence-corrected chi connectivity index (χ3v) is 3.68. The summed E-state index contributed by atoms with van der Waals surface area (Å²) in [5, 5.41) is 0.331. The van der Waals surface area contributed by atoms with Gasteiger partial charge in [0.15, 0.2) is 0 Å². The number of carbonyl (C=O) groups is 1. The second kappa shape index (κ2) is 7.27. The highest BCUT2D eigenvalue weighted by atomic mass is 35.5. The van der Waals surface area contributed by atoms with E-state index in [9.17, 15) is 4.79 Å². The van der Waals surface area contributed by atoms with E-state index in [1.807, 2.05) is 38.1 Å². The minimum atomic E-state index is -0.0384. The summed E-state index contributed by atoms with van der Waals surface area (Å²) in [5.41, 5.74) is 2.80. The zero-order valence-corrected chi connectivity index (χ0v) is 13.8. The number of amides is 1. The van der Waals surface area contributed by atoms with Crippen molar-refractivity contribution in [3.8, 4) is 0 Å². The van der Waals surface area contributed by atoms with Crippen molar-refractivity contribution in [2.24, 2.45) is 0 Å². The number of carbonyl (C=O) groups excluding carboxylic acids is 1. The zero-order valence-electron chi connectivity index (χ0n) is 13.1. The lowest BCUT2D eigenvalue weighted by Crippen LogP contribution is -2.30. The fraction of sp³-hybridized carbons (Fsp3) is 0.294. The van der Waals surface area contributed by atoms with Gasteiger partial charge in [0.2, 0.25) is 0 Å². The fourth-order valence-corrected chi connectivity index (χ4v) is 2.34. The normalized spacial score (nSPS) is 10.4. The van der Waals surface area contributed by atoms with Crippen molar-refractivity contribution in [1.82, 2.24) is 9.88 Å². The highest BCUT2D eigenvalue weighted by Crippen LogP contribution is 2.16. The molecule has 1 amide bonds. The molecule has 0 spiro atoms. The molecule has 0 fully saturated rings. The molecule has 0 N–H and O–H groups in total. The van der Waals surface area contributed by atoms with E-state index in [0.717, 1.165) is 11.3 Å². The zero-order chi connectivity index (χ0) is 16.1. The van der Waals surface area contributed by atoms with Crippen molar-refractivity contribution < 1.29 is 4.79 Å². The van der Waals surface area contributed by atoms with E-state index in [2.05, 4.69) is 17.1 Å². The third-order valence-electron chi connectivity index (χ3n) is 3.47. The second-order valence-corrected chi connectivity index (χ2v) is 5.63. The summed E-state index contributed by atoms with van der Waals surface area (Å²) in [4.78, 5) is 20.3. The van der Waals surface area contributed by atoms with Crippen LogP contribution in [0, 0.1) is 0 Å². The van der Waals surface area contributed by atoms with E-state index in [-0.39, 0.29) is 5.91 Å². The van der Waals surface area contributed by atoms with E-state index in [4.69, 9.17) is 11.6 Å². The molecule has 4 nitrogen and oxygen atoms in total. The smallest absolute Gasteiger partial charge is 0.254 e. The summed E-state index contributed by atoms with van der Waals surface area (Å²) in [6.45, 7) is 3.17. The minimum absolute atomic E-state index is 0.0384. The Kier molecular flexibility index (Phi) is 5.39. The summed E-state index contributed by atoms with van der Waals surface area (Å²) in [6.07, 6.45) is 1.55. The van der Waals surface area contributed by atoms with Crippen LogP contribution in [0.15, 0.2) is 42.6 Å². The SMILES string of the molecule is CCN(Cc1ccc(N(C)C)cc1)C(=O)c1ccnc(Cl)c1. The molecule has 0 atom stereocenters. The number of pyridine rings is 1. The summed E-state index contributed by atoms with van der Waals surface area (Å²) >= 11 is 5.86. The van der Waals surface area contributed by atoms with E-state index < -0.39 is 0 Å². The van der Waals surface area contributed by atoms with Crippen molar-refractivity contribution >= 4 is 23.2 Å². The molecule has 2 aromatic rings. The van der Waals surface area contributed by atoms with Gasteiger partial charge in [0.1, 0.15) is 5.15 Å². The summed E-state index contributed by atoms with van der Waals surface area (Å²) < 4.78 is 0. The van der Waals surface area contributed by atoms with Crippen LogP contribution < -0.4 is 4.90 Å². The maximum Gasteiger partial charge on any atom is 0.254 e. The number of nitrogens with zero attached hydrogens (tertiary/aromatic N) is 3. The topological polar surface area (TPSA) is 36.4 Å². The molecule has 5 heteroatoms. The van der Waals surface area contributed by atoms with Crippen LogP contribution in [0.4, 0.5) is 5.69 Å². The number of halogens is 1. The van der Waals surface area contributed by atoms with Crippen LogP contribution in [0.5, 0.6) is 0 Å². The molecule has 0 radical (unpaired) electrons. The van der Waals surface area contributed by atoms with Gasteiger partial charge in [0.25, 0.3) is 5.91 Å². The maximum absolute atomic E-state index is 12.5. The van der Waals surface area contributed by atoms with Gasteiger partial charge < -0.3 is 9.80 Å². The van der Waals surface area contributed by atoms with Gasteiger partial charge >= 0.3 is 0 Å². The van der Waals surface area contributed by atoms with Gasteiger partial charge in [-0.05, 0) is 36.8 Å². The standard InChI is InChI=1S/C17H20ClN3O/c1-4-21(17(22)14-9-10-19-16(18)11-14)12-13-5-7-15(8-6-13)20(2)3/h5-11H,4,12H2,1-3H3. The fourth-order valence-electron chi connectivity index (χ4n) is 2.17. The van der Waals surface area contributed by atoms with Crippen LogP contribution >= 0.6 is 11.6 Å². The predicted octanol–water partition coefficient (Wildman–Crippen LogP) is 3.46. The number of anilines is 1. The van der Waals surface area contributed by atoms with Crippen molar-refractivity contribution in [2.75, 3.05) is 25.5 Å². The first-order chi connectivity index (χ1) is 10.5. The molecule has 2 rings (SSSR count). The second-order valence-electron chi connectivity index (χ2n) is 5.25. The Labute approximate surface area is 136 Å². The van der Waals surface area contributed by atoms with Crippen LogP contribution in [0.25, 0.3) is 0 Å². The highest BCUT2D eigenvalue weighted by Gasteiger charge is 2.15. The van der Waals surface area contributed by atoms with Gasteiger partial charge in [-0.3, -0.25) is 4.79 Å². The molecular weight excluding hydrogens is 298 g/mol. The van der Waals surface area contributed by atoms with E-state index in [0.29, 0.717) is 23.8 Å². The van der Waals surface area contributed by atoms with Gasteiger partial charge in [-0.1, -0.05) is 23.7 Å². The van der Waals surface area contributed by atoms with Crippen LogP contribution in [0.1, 0.15) is 22.8 Å². The molecular formula is C17H20ClN3O. The van der Waals surface area contributed by atoms with Gasteiger partial charge in [-0.2, -0.15) is 0 Å². The average Bonchev–Trinajstić information content (AvgIpc) is 2.52. The summed E-state index contributed by atoms with van der Waals surface area (Å²) in [5.74, 6) is -0.0384.